The number of hydrogen-bond donors (Lipinski definition) is 2. The Morgan fingerprint density at radius 1 is 1.37 bits per heavy atom. The Hall–Kier alpha value is -0.570. The van der Waals surface area contributed by atoms with Gasteiger partial charge in [-0.25, -0.2) is 4.79 Å². The first-order chi connectivity index (χ1) is 8.94. The van der Waals surface area contributed by atoms with E-state index >= 15 is 0 Å². The molecule has 0 amide bonds. The van der Waals surface area contributed by atoms with Gasteiger partial charge in [-0.2, -0.15) is 0 Å². The van der Waals surface area contributed by atoms with E-state index < -0.39 is 11.6 Å². The summed E-state index contributed by atoms with van der Waals surface area (Å²) in [4.78, 5) is 12.3. The lowest BCUT2D eigenvalue weighted by Crippen LogP contribution is -2.42. The minimum Gasteiger partial charge on any atom is -0.479 e. The summed E-state index contributed by atoms with van der Waals surface area (Å²) in [5.74, 6) is -0.925. The van der Waals surface area contributed by atoms with E-state index in [1.165, 1.54) is 4.90 Å². The van der Waals surface area contributed by atoms with Crippen molar-refractivity contribution in [2.75, 3.05) is 11.7 Å². The van der Waals surface area contributed by atoms with Crippen molar-refractivity contribution < 1.29 is 15.0 Å². The Balaban J connectivity index is 2.39. The largest absolute Gasteiger partial charge is 0.479 e. The molecule has 0 aliphatic heterocycles. The van der Waals surface area contributed by atoms with Gasteiger partial charge in [-0.15, -0.1) is 20.3 Å². The maximum absolute atomic E-state index is 11.2. The summed E-state index contributed by atoms with van der Waals surface area (Å²) in [6.07, 6.45) is 0.645. The Kier molecular flexibility index (Phi) is 6.84. The number of hydrogen-bond acceptors (Lipinski definition) is 3. The number of carbonyl (C=O) groups is 1. The highest BCUT2D eigenvalue weighted by molar-refractivity contribution is 8.03. The molecule has 0 spiro atoms. The lowest BCUT2D eigenvalue weighted by atomic mass is 9.94. The lowest BCUT2D eigenvalue weighted by molar-refractivity contribution is -0.157. The average molecular weight is 300 g/mol. The second kappa shape index (κ2) is 7.88. The first kappa shape index (κ1) is 16.5. The minimum absolute atomic E-state index is 0.174. The van der Waals surface area contributed by atoms with Crippen molar-refractivity contribution in [1.29, 1.82) is 0 Å². The monoisotopic (exact) mass is 300 g/mol. The van der Waals surface area contributed by atoms with Crippen LogP contribution in [0.2, 0.25) is 0 Å². The van der Waals surface area contributed by atoms with Gasteiger partial charge >= 0.3 is 5.97 Å². The molecule has 5 heteroatoms. The maximum Gasteiger partial charge on any atom is 0.336 e. The summed E-state index contributed by atoms with van der Waals surface area (Å²) in [5, 5.41) is 19.3. The van der Waals surface area contributed by atoms with Gasteiger partial charge in [0.2, 0.25) is 0 Å². The van der Waals surface area contributed by atoms with Crippen LogP contribution in [0.15, 0.2) is 35.2 Å². The highest BCUT2D eigenvalue weighted by Gasteiger charge is 2.35. The molecule has 0 saturated carbocycles. The summed E-state index contributed by atoms with van der Waals surface area (Å²) in [6.45, 7) is 3.85. The zero-order valence-electron chi connectivity index (χ0n) is 11.3. The number of aliphatic carboxylic acids is 1. The summed E-state index contributed by atoms with van der Waals surface area (Å²) >= 11 is 1.70. The first-order valence-corrected chi connectivity index (χ1v) is 8.68. The molecular formula is C14H21O3PS. The molecule has 2 N–H and O–H groups in total. The van der Waals surface area contributed by atoms with Gasteiger partial charge in [-0.1, -0.05) is 32.0 Å². The topological polar surface area (TPSA) is 57.5 Å². The maximum atomic E-state index is 11.2. The van der Waals surface area contributed by atoms with Gasteiger partial charge in [0.15, 0.2) is 5.60 Å². The van der Waals surface area contributed by atoms with Crippen LogP contribution in [0.1, 0.15) is 20.3 Å². The number of aliphatic hydroxyl groups is 1. The van der Waals surface area contributed by atoms with Gasteiger partial charge < -0.3 is 10.2 Å². The van der Waals surface area contributed by atoms with Gasteiger partial charge in [-0.05, 0) is 24.5 Å². The number of carboxylic acid groups (broad SMARTS) is 1. The third-order valence-electron chi connectivity index (χ3n) is 2.65. The molecule has 19 heavy (non-hydrogen) atoms. The van der Waals surface area contributed by atoms with Gasteiger partial charge in [0.05, 0.1) is 0 Å². The van der Waals surface area contributed by atoms with Crippen LogP contribution in [-0.2, 0) is 4.79 Å². The molecule has 2 atom stereocenters. The van der Waals surface area contributed by atoms with Crippen molar-refractivity contribution in [2.45, 2.75) is 30.8 Å². The van der Waals surface area contributed by atoms with Gasteiger partial charge in [0.25, 0.3) is 0 Å². The van der Waals surface area contributed by atoms with E-state index in [2.05, 4.69) is 0 Å². The molecule has 1 aromatic rings. The van der Waals surface area contributed by atoms with Crippen molar-refractivity contribution in [1.82, 2.24) is 0 Å². The van der Waals surface area contributed by atoms with Gasteiger partial charge in [0.1, 0.15) is 0 Å². The zero-order chi connectivity index (χ0) is 14.3. The van der Waals surface area contributed by atoms with Crippen LogP contribution in [0.3, 0.4) is 0 Å². The standard InChI is InChI=1S/C14H21O3PS/c1-11(2)8-14(17,13(15)16)9-18-10-19-12-6-4-3-5-7-12/h3-7,11,17-18H,8-10H2,1-2H3,(H,15,16). The number of carboxylic acids is 1. The summed E-state index contributed by atoms with van der Waals surface area (Å²) < 4.78 is 0. The Morgan fingerprint density at radius 2 is 2.00 bits per heavy atom. The van der Waals surface area contributed by atoms with Crippen LogP contribution in [0, 0.1) is 5.92 Å². The van der Waals surface area contributed by atoms with Crippen LogP contribution in [0.4, 0.5) is 0 Å². The number of rotatable bonds is 8. The smallest absolute Gasteiger partial charge is 0.336 e. The molecule has 3 nitrogen and oxygen atoms in total. The molecule has 2 unspecified atom stereocenters. The lowest BCUT2D eigenvalue weighted by Gasteiger charge is -2.25. The third kappa shape index (κ3) is 5.94. The SMILES string of the molecule is CC(C)CC(O)(CPCSc1ccccc1)C(=O)O. The molecule has 0 bridgehead atoms. The summed E-state index contributed by atoms with van der Waals surface area (Å²) in [7, 11) is 0.434. The summed E-state index contributed by atoms with van der Waals surface area (Å²) in [5.41, 5.74) is -0.721. The predicted molar refractivity (Wildman–Crippen MR) is 82.4 cm³/mol. The van der Waals surface area contributed by atoms with Crippen LogP contribution in [0.25, 0.3) is 0 Å². The summed E-state index contributed by atoms with van der Waals surface area (Å²) in [6, 6.07) is 10.0. The van der Waals surface area contributed by atoms with Crippen molar-refractivity contribution in [3.63, 3.8) is 0 Å². The normalized spacial score (nSPS) is 14.9. The van der Waals surface area contributed by atoms with Crippen molar-refractivity contribution in [3.05, 3.63) is 30.3 Å². The second-order valence-electron chi connectivity index (χ2n) is 4.96. The molecule has 0 saturated heterocycles. The predicted octanol–water partition coefficient (Wildman–Crippen LogP) is 3.28. The fourth-order valence-electron chi connectivity index (χ4n) is 1.82. The van der Waals surface area contributed by atoms with E-state index in [1.54, 1.807) is 11.8 Å². The highest BCUT2D eigenvalue weighted by atomic mass is 32.2. The second-order valence-corrected chi connectivity index (χ2v) is 7.73. The van der Waals surface area contributed by atoms with Crippen molar-refractivity contribution in [2.24, 2.45) is 5.92 Å². The molecule has 0 aliphatic rings. The van der Waals surface area contributed by atoms with E-state index in [-0.39, 0.29) is 5.92 Å². The molecule has 0 aliphatic carbocycles. The highest BCUT2D eigenvalue weighted by Crippen LogP contribution is 2.31. The van der Waals surface area contributed by atoms with E-state index in [4.69, 9.17) is 5.11 Å². The van der Waals surface area contributed by atoms with E-state index in [1.807, 2.05) is 44.2 Å². The Labute approximate surface area is 120 Å². The van der Waals surface area contributed by atoms with Crippen LogP contribution < -0.4 is 0 Å². The van der Waals surface area contributed by atoms with Crippen molar-refractivity contribution in [3.8, 4) is 0 Å². The van der Waals surface area contributed by atoms with E-state index in [9.17, 15) is 9.90 Å². The fourth-order valence-corrected chi connectivity index (χ4v) is 4.36. The molecule has 0 heterocycles. The van der Waals surface area contributed by atoms with Crippen molar-refractivity contribution >= 4 is 26.3 Å². The number of thioether (sulfide) groups is 1. The molecule has 0 fully saturated rings. The Morgan fingerprint density at radius 3 is 2.53 bits per heavy atom. The van der Waals surface area contributed by atoms with Crippen LogP contribution >= 0.6 is 20.3 Å². The average Bonchev–Trinajstić information content (AvgIpc) is 2.35. The minimum atomic E-state index is -1.57. The first-order valence-electron chi connectivity index (χ1n) is 6.28. The molecule has 0 radical (unpaired) electrons. The molecule has 0 aromatic heterocycles. The zero-order valence-corrected chi connectivity index (χ0v) is 13.1. The van der Waals surface area contributed by atoms with Crippen LogP contribution in [0.5, 0.6) is 0 Å². The van der Waals surface area contributed by atoms with Gasteiger partial charge in [0, 0.05) is 16.6 Å². The molecular weight excluding hydrogens is 279 g/mol. The Bertz CT molecular complexity index is 397. The third-order valence-corrected chi connectivity index (χ3v) is 5.48. The van der Waals surface area contributed by atoms with Gasteiger partial charge in [-0.3, -0.25) is 0 Å². The molecule has 1 rings (SSSR count). The molecule has 106 valence electrons. The number of benzene rings is 1. The van der Waals surface area contributed by atoms with E-state index in [0.29, 0.717) is 21.2 Å². The van der Waals surface area contributed by atoms with Crippen LogP contribution in [-0.4, -0.2) is 33.4 Å². The molecule has 1 aromatic carbocycles. The quantitative estimate of drug-likeness (QED) is 0.439. The fraction of sp³-hybridized carbons (Fsp3) is 0.500. The van der Waals surface area contributed by atoms with E-state index in [0.717, 1.165) is 5.49 Å².